The maximum atomic E-state index is 14.7. The first-order valence-corrected chi connectivity index (χ1v) is 9.45. The second-order valence-electron chi connectivity index (χ2n) is 7.19. The number of aliphatic hydroxyl groups is 1. The SMILES string of the molecule is OC[C@H]1CN(c2ccc(C3=CCN(Cc4ccccc4)CC3)c(F)c2)CO1. The number of aliphatic hydroxyl groups excluding tert-OH is 1. The summed E-state index contributed by atoms with van der Waals surface area (Å²) in [4.78, 5) is 4.33. The minimum absolute atomic E-state index is 0.0105. The highest BCUT2D eigenvalue weighted by Crippen LogP contribution is 2.29. The fraction of sp³-hybridized carbons (Fsp3) is 0.364. The van der Waals surface area contributed by atoms with E-state index in [1.54, 1.807) is 6.07 Å². The van der Waals surface area contributed by atoms with Gasteiger partial charge in [-0.05, 0) is 35.8 Å². The highest BCUT2D eigenvalue weighted by Gasteiger charge is 2.23. The molecule has 0 aliphatic carbocycles. The van der Waals surface area contributed by atoms with Crippen molar-refractivity contribution in [1.82, 2.24) is 4.90 Å². The van der Waals surface area contributed by atoms with Crippen LogP contribution in [0.2, 0.25) is 0 Å². The van der Waals surface area contributed by atoms with Crippen molar-refractivity contribution in [3.05, 3.63) is 71.6 Å². The standard InChI is InChI=1S/C22H25FN2O2/c23-22-12-19(25-14-20(15-26)27-16-25)6-7-21(22)18-8-10-24(11-9-18)13-17-4-2-1-3-5-17/h1-8,12,20,26H,9-11,13-16H2/t20-/m1/s1. The summed E-state index contributed by atoms with van der Waals surface area (Å²) in [6.45, 7) is 3.66. The topological polar surface area (TPSA) is 35.9 Å². The summed E-state index contributed by atoms with van der Waals surface area (Å²) in [5, 5.41) is 9.18. The quantitative estimate of drug-likeness (QED) is 0.879. The van der Waals surface area contributed by atoms with Crippen LogP contribution in [0.1, 0.15) is 17.5 Å². The van der Waals surface area contributed by atoms with Crippen LogP contribution in [-0.4, -0.2) is 49.1 Å². The molecule has 1 saturated heterocycles. The summed E-state index contributed by atoms with van der Waals surface area (Å²) in [5.41, 5.74) is 3.87. The van der Waals surface area contributed by atoms with Gasteiger partial charge in [0.15, 0.2) is 0 Å². The van der Waals surface area contributed by atoms with Crippen LogP contribution in [0.3, 0.4) is 0 Å². The van der Waals surface area contributed by atoms with Crippen LogP contribution in [-0.2, 0) is 11.3 Å². The lowest BCUT2D eigenvalue weighted by Crippen LogP contribution is -2.28. The van der Waals surface area contributed by atoms with E-state index in [-0.39, 0.29) is 18.5 Å². The van der Waals surface area contributed by atoms with Crippen LogP contribution in [0.4, 0.5) is 10.1 Å². The predicted octanol–water partition coefficient (Wildman–Crippen LogP) is 3.27. The summed E-state index contributed by atoms with van der Waals surface area (Å²) in [5.74, 6) is -0.192. The smallest absolute Gasteiger partial charge is 0.132 e. The Kier molecular flexibility index (Phi) is 5.53. The molecular formula is C22H25FN2O2. The number of rotatable bonds is 5. The van der Waals surface area contributed by atoms with Crippen LogP contribution in [0.25, 0.3) is 5.57 Å². The molecule has 0 unspecified atom stereocenters. The lowest BCUT2D eigenvalue weighted by molar-refractivity contribution is 0.0645. The van der Waals surface area contributed by atoms with Gasteiger partial charge in [-0.1, -0.05) is 36.4 Å². The number of hydrogen-bond acceptors (Lipinski definition) is 4. The predicted molar refractivity (Wildman–Crippen MR) is 105 cm³/mol. The van der Waals surface area contributed by atoms with Crippen molar-refractivity contribution in [1.29, 1.82) is 0 Å². The molecule has 0 bridgehead atoms. The first-order chi connectivity index (χ1) is 13.2. The molecule has 142 valence electrons. The van der Waals surface area contributed by atoms with Crippen LogP contribution < -0.4 is 4.90 Å². The average Bonchev–Trinajstić information content (AvgIpc) is 3.19. The number of benzene rings is 2. The summed E-state index contributed by atoms with van der Waals surface area (Å²) in [6.07, 6.45) is 2.80. The Labute approximate surface area is 159 Å². The molecule has 4 rings (SSSR count). The maximum Gasteiger partial charge on any atom is 0.132 e. The molecule has 2 aliphatic heterocycles. The summed E-state index contributed by atoms with van der Waals surface area (Å²) < 4.78 is 20.2. The van der Waals surface area contributed by atoms with Crippen molar-refractivity contribution >= 4 is 11.3 Å². The Morgan fingerprint density at radius 1 is 1.15 bits per heavy atom. The number of anilines is 1. The third kappa shape index (κ3) is 4.21. The maximum absolute atomic E-state index is 14.7. The van der Waals surface area contributed by atoms with E-state index in [2.05, 4.69) is 35.2 Å². The highest BCUT2D eigenvalue weighted by molar-refractivity contribution is 5.69. The van der Waals surface area contributed by atoms with Crippen molar-refractivity contribution in [2.24, 2.45) is 0 Å². The van der Waals surface area contributed by atoms with E-state index in [4.69, 9.17) is 4.74 Å². The molecule has 0 radical (unpaired) electrons. The van der Waals surface area contributed by atoms with Crippen LogP contribution in [0.15, 0.2) is 54.6 Å². The number of halogens is 1. The molecular weight excluding hydrogens is 343 g/mol. The second-order valence-corrected chi connectivity index (χ2v) is 7.19. The summed E-state index contributed by atoms with van der Waals surface area (Å²) >= 11 is 0. The Morgan fingerprint density at radius 2 is 2.00 bits per heavy atom. The van der Waals surface area contributed by atoms with E-state index in [9.17, 15) is 9.50 Å². The van der Waals surface area contributed by atoms with E-state index >= 15 is 0 Å². The molecule has 27 heavy (non-hydrogen) atoms. The van der Waals surface area contributed by atoms with Crippen molar-refractivity contribution in [2.45, 2.75) is 19.1 Å². The van der Waals surface area contributed by atoms with E-state index < -0.39 is 0 Å². The molecule has 1 N–H and O–H groups in total. The van der Waals surface area contributed by atoms with Gasteiger partial charge >= 0.3 is 0 Å². The van der Waals surface area contributed by atoms with Crippen molar-refractivity contribution < 1.29 is 14.2 Å². The lowest BCUT2D eigenvalue weighted by atomic mass is 9.98. The monoisotopic (exact) mass is 368 g/mol. The van der Waals surface area contributed by atoms with Gasteiger partial charge in [-0.2, -0.15) is 0 Å². The molecule has 2 heterocycles. The average molecular weight is 368 g/mol. The van der Waals surface area contributed by atoms with E-state index in [1.807, 2.05) is 23.1 Å². The van der Waals surface area contributed by atoms with Crippen LogP contribution in [0, 0.1) is 5.82 Å². The molecule has 0 spiro atoms. The van der Waals surface area contributed by atoms with Gasteiger partial charge in [-0.15, -0.1) is 0 Å². The zero-order valence-corrected chi connectivity index (χ0v) is 15.4. The third-order valence-corrected chi connectivity index (χ3v) is 5.30. The Bertz CT molecular complexity index is 809. The molecule has 4 nitrogen and oxygen atoms in total. The van der Waals surface area contributed by atoms with Crippen LogP contribution in [0.5, 0.6) is 0 Å². The van der Waals surface area contributed by atoms with Crippen molar-refractivity contribution in [3.8, 4) is 0 Å². The fourth-order valence-electron chi connectivity index (χ4n) is 3.74. The normalized spacial score (nSPS) is 20.7. The molecule has 0 saturated carbocycles. The van der Waals surface area contributed by atoms with Gasteiger partial charge < -0.3 is 14.7 Å². The van der Waals surface area contributed by atoms with Gasteiger partial charge in [0.05, 0.1) is 6.61 Å². The largest absolute Gasteiger partial charge is 0.394 e. The third-order valence-electron chi connectivity index (χ3n) is 5.30. The van der Waals surface area contributed by atoms with Gasteiger partial charge in [0.1, 0.15) is 18.7 Å². The molecule has 0 aromatic heterocycles. The van der Waals surface area contributed by atoms with E-state index in [0.717, 1.165) is 37.3 Å². The number of nitrogens with zero attached hydrogens (tertiary/aromatic N) is 2. The highest BCUT2D eigenvalue weighted by atomic mass is 19.1. The van der Waals surface area contributed by atoms with Crippen LogP contribution >= 0.6 is 0 Å². The first-order valence-electron chi connectivity index (χ1n) is 9.45. The van der Waals surface area contributed by atoms with Crippen molar-refractivity contribution in [3.63, 3.8) is 0 Å². The molecule has 2 aromatic carbocycles. The molecule has 1 fully saturated rings. The Hall–Kier alpha value is -2.21. The zero-order chi connectivity index (χ0) is 18.6. The van der Waals surface area contributed by atoms with Gasteiger partial charge in [-0.3, -0.25) is 4.90 Å². The first kappa shape index (κ1) is 18.2. The molecule has 1 atom stereocenters. The molecule has 2 aliphatic rings. The van der Waals surface area contributed by atoms with E-state index in [0.29, 0.717) is 18.8 Å². The Morgan fingerprint density at radius 3 is 2.67 bits per heavy atom. The molecule has 2 aromatic rings. The minimum Gasteiger partial charge on any atom is -0.394 e. The Balaban J connectivity index is 1.42. The molecule has 5 heteroatoms. The zero-order valence-electron chi connectivity index (χ0n) is 15.4. The van der Waals surface area contributed by atoms with Gasteiger partial charge in [0.2, 0.25) is 0 Å². The number of ether oxygens (including phenoxy) is 1. The number of hydrogen-bond donors (Lipinski definition) is 1. The van der Waals surface area contributed by atoms with Crippen molar-refractivity contribution in [2.75, 3.05) is 37.9 Å². The van der Waals surface area contributed by atoms with Gasteiger partial charge in [0.25, 0.3) is 0 Å². The summed E-state index contributed by atoms with van der Waals surface area (Å²) in [7, 11) is 0. The lowest BCUT2D eigenvalue weighted by Gasteiger charge is -2.27. The fourth-order valence-corrected chi connectivity index (χ4v) is 3.74. The minimum atomic E-state index is -0.192. The van der Waals surface area contributed by atoms with Gasteiger partial charge in [0, 0.05) is 37.4 Å². The molecule has 0 amide bonds. The second kappa shape index (κ2) is 8.21. The van der Waals surface area contributed by atoms with Gasteiger partial charge in [-0.25, -0.2) is 4.39 Å². The van der Waals surface area contributed by atoms with E-state index in [1.165, 1.54) is 5.56 Å². The summed E-state index contributed by atoms with van der Waals surface area (Å²) in [6, 6.07) is 15.8.